The molecule has 1 aromatic heterocycles. The number of hydrogen-bond donors (Lipinski definition) is 1. The van der Waals surface area contributed by atoms with Gasteiger partial charge in [-0.2, -0.15) is 0 Å². The molecule has 1 heterocycles. The Balaban J connectivity index is 2.39. The summed E-state index contributed by atoms with van der Waals surface area (Å²) >= 11 is 3.00. The zero-order valence-electron chi connectivity index (χ0n) is 9.75. The van der Waals surface area contributed by atoms with E-state index in [-0.39, 0.29) is 10.6 Å². The number of nitrogens with zero attached hydrogens (tertiary/aromatic N) is 1. The number of nitro benzene ring substituents is 1. The zero-order valence-corrected chi connectivity index (χ0v) is 11.4. The molecule has 0 aliphatic heterocycles. The Morgan fingerprint density at radius 3 is 2.83 bits per heavy atom. The van der Waals surface area contributed by atoms with Gasteiger partial charge in [0.1, 0.15) is 5.69 Å². The van der Waals surface area contributed by atoms with Gasteiger partial charge >= 0.3 is 5.69 Å². The van der Waals surface area contributed by atoms with E-state index in [2.05, 4.69) is 5.32 Å². The van der Waals surface area contributed by atoms with Gasteiger partial charge in [-0.15, -0.1) is 11.3 Å². The normalized spacial score (nSPS) is 10.3. The molecule has 6 heteroatoms. The standard InChI is InChI=1S/C12H12N2O2S2/c1-2-13-9-5-3-6-10(12(9)14(15)16)18-11-7-4-8-17-11/h3-8,13H,2H2,1H3. The summed E-state index contributed by atoms with van der Waals surface area (Å²) in [4.78, 5) is 11.5. The Morgan fingerprint density at radius 1 is 1.39 bits per heavy atom. The van der Waals surface area contributed by atoms with E-state index in [1.165, 1.54) is 11.8 Å². The van der Waals surface area contributed by atoms with Crippen molar-refractivity contribution in [2.45, 2.75) is 16.0 Å². The molecular weight excluding hydrogens is 268 g/mol. The van der Waals surface area contributed by atoms with E-state index in [9.17, 15) is 10.1 Å². The SMILES string of the molecule is CCNc1cccc(Sc2cccs2)c1[N+](=O)[O-]. The lowest BCUT2D eigenvalue weighted by atomic mass is 10.2. The molecular formula is C12H12N2O2S2. The van der Waals surface area contributed by atoms with Gasteiger partial charge in [-0.3, -0.25) is 10.1 Å². The minimum atomic E-state index is -0.325. The lowest BCUT2D eigenvalue weighted by Crippen LogP contribution is -2.02. The number of thiophene rings is 1. The molecule has 0 unspecified atom stereocenters. The Labute approximate surface area is 113 Å². The van der Waals surface area contributed by atoms with Crippen LogP contribution < -0.4 is 5.32 Å². The predicted octanol–water partition coefficient (Wildman–Crippen LogP) is 4.24. The second-order valence-corrected chi connectivity index (χ2v) is 5.76. The molecule has 0 bridgehead atoms. The third kappa shape index (κ3) is 2.83. The Morgan fingerprint density at radius 2 is 2.22 bits per heavy atom. The van der Waals surface area contributed by atoms with Crippen LogP contribution in [0, 0.1) is 10.1 Å². The molecule has 4 nitrogen and oxygen atoms in total. The average molecular weight is 280 g/mol. The first-order valence-corrected chi connectivity index (χ1v) is 7.14. The molecule has 0 radical (unpaired) electrons. The maximum absolute atomic E-state index is 11.2. The van der Waals surface area contributed by atoms with E-state index in [1.807, 2.05) is 30.5 Å². The summed E-state index contributed by atoms with van der Waals surface area (Å²) < 4.78 is 1.05. The monoisotopic (exact) mass is 280 g/mol. The second kappa shape index (κ2) is 5.88. The Kier molecular flexibility index (Phi) is 4.22. The molecule has 0 saturated carbocycles. The molecule has 94 valence electrons. The maximum atomic E-state index is 11.2. The van der Waals surface area contributed by atoms with Crippen molar-refractivity contribution in [1.82, 2.24) is 0 Å². The van der Waals surface area contributed by atoms with E-state index < -0.39 is 0 Å². The molecule has 0 amide bonds. The number of rotatable bonds is 5. The summed E-state index contributed by atoms with van der Waals surface area (Å²) in [5.41, 5.74) is 0.724. The first-order chi connectivity index (χ1) is 8.72. The van der Waals surface area contributed by atoms with Gasteiger partial charge in [-0.1, -0.05) is 23.9 Å². The van der Waals surface area contributed by atoms with Crippen LogP contribution in [0.25, 0.3) is 0 Å². The number of para-hydroxylation sites is 1. The van der Waals surface area contributed by atoms with Gasteiger partial charge in [0.05, 0.1) is 14.0 Å². The second-order valence-electron chi connectivity index (χ2n) is 3.47. The Bertz CT molecular complexity index is 541. The van der Waals surface area contributed by atoms with Crippen LogP contribution in [0.15, 0.2) is 44.8 Å². The number of nitrogens with one attached hydrogen (secondary N) is 1. The molecule has 0 saturated heterocycles. The molecule has 2 rings (SSSR count). The number of anilines is 1. The summed E-state index contributed by atoms with van der Waals surface area (Å²) in [7, 11) is 0. The summed E-state index contributed by atoms with van der Waals surface area (Å²) in [6.07, 6.45) is 0. The van der Waals surface area contributed by atoms with Gasteiger partial charge in [0.15, 0.2) is 0 Å². The van der Waals surface area contributed by atoms with Crippen molar-refractivity contribution in [2.24, 2.45) is 0 Å². The fourth-order valence-electron chi connectivity index (χ4n) is 1.56. The van der Waals surface area contributed by atoms with E-state index in [1.54, 1.807) is 23.5 Å². The number of nitro groups is 1. The van der Waals surface area contributed by atoms with E-state index >= 15 is 0 Å². The molecule has 1 aromatic carbocycles. The summed E-state index contributed by atoms with van der Waals surface area (Å²) in [6.45, 7) is 2.58. The van der Waals surface area contributed by atoms with Crippen molar-refractivity contribution >= 4 is 34.5 Å². The van der Waals surface area contributed by atoms with E-state index in [4.69, 9.17) is 0 Å². The van der Waals surface area contributed by atoms with Crippen LogP contribution in [0.2, 0.25) is 0 Å². The fourth-order valence-corrected chi connectivity index (χ4v) is 3.42. The highest BCUT2D eigenvalue weighted by Gasteiger charge is 2.20. The smallest absolute Gasteiger partial charge is 0.306 e. The molecule has 1 N–H and O–H groups in total. The van der Waals surface area contributed by atoms with Crippen LogP contribution in [0.5, 0.6) is 0 Å². The summed E-state index contributed by atoms with van der Waals surface area (Å²) in [6, 6.07) is 9.25. The van der Waals surface area contributed by atoms with Gasteiger partial charge in [-0.25, -0.2) is 0 Å². The largest absolute Gasteiger partial charge is 0.380 e. The quantitative estimate of drug-likeness (QED) is 0.657. The topological polar surface area (TPSA) is 55.2 Å². The van der Waals surface area contributed by atoms with Gasteiger partial charge in [0, 0.05) is 6.54 Å². The minimum absolute atomic E-state index is 0.151. The van der Waals surface area contributed by atoms with Crippen LogP contribution in [0.3, 0.4) is 0 Å². The third-order valence-electron chi connectivity index (χ3n) is 2.25. The highest BCUT2D eigenvalue weighted by molar-refractivity contribution is 8.01. The molecule has 0 fully saturated rings. The van der Waals surface area contributed by atoms with Crippen molar-refractivity contribution < 1.29 is 4.92 Å². The predicted molar refractivity (Wildman–Crippen MR) is 75.7 cm³/mol. The molecule has 18 heavy (non-hydrogen) atoms. The van der Waals surface area contributed by atoms with E-state index in [0.29, 0.717) is 17.1 Å². The fraction of sp³-hybridized carbons (Fsp3) is 0.167. The van der Waals surface area contributed by atoms with Crippen LogP contribution >= 0.6 is 23.1 Å². The zero-order chi connectivity index (χ0) is 13.0. The lowest BCUT2D eigenvalue weighted by Gasteiger charge is -2.07. The lowest BCUT2D eigenvalue weighted by molar-refractivity contribution is -0.386. The number of benzene rings is 1. The van der Waals surface area contributed by atoms with Gasteiger partial charge < -0.3 is 5.32 Å². The van der Waals surface area contributed by atoms with Crippen molar-refractivity contribution in [3.05, 3.63) is 45.8 Å². The van der Waals surface area contributed by atoms with Crippen LogP contribution in [0.4, 0.5) is 11.4 Å². The van der Waals surface area contributed by atoms with E-state index in [0.717, 1.165) is 4.21 Å². The molecule has 0 spiro atoms. The average Bonchev–Trinajstić information content (AvgIpc) is 2.82. The van der Waals surface area contributed by atoms with Crippen LogP contribution in [-0.2, 0) is 0 Å². The summed E-state index contributed by atoms with van der Waals surface area (Å²) in [5.74, 6) is 0. The molecule has 0 atom stereocenters. The number of hydrogen-bond acceptors (Lipinski definition) is 5. The third-order valence-corrected chi connectivity index (χ3v) is 4.34. The van der Waals surface area contributed by atoms with Crippen molar-refractivity contribution in [3.63, 3.8) is 0 Å². The van der Waals surface area contributed by atoms with Gasteiger partial charge in [0.25, 0.3) is 0 Å². The van der Waals surface area contributed by atoms with Crippen molar-refractivity contribution in [2.75, 3.05) is 11.9 Å². The highest BCUT2D eigenvalue weighted by Crippen LogP contribution is 2.40. The van der Waals surface area contributed by atoms with Gasteiger partial charge in [-0.05, 0) is 30.5 Å². The van der Waals surface area contributed by atoms with Crippen molar-refractivity contribution in [1.29, 1.82) is 0 Å². The maximum Gasteiger partial charge on any atom is 0.306 e. The molecule has 0 aliphatic carbocycles. The van der Waals surface area contributed by atoms with Crippen LogP contribution in [0.1, 0.15) is 6.92 Å². The highest BCUT2D eigenvalue weighted by atomic mass is 32.2. The molecule has 2 aromatic rings. The van der Waals surface area contributed by atoms with Gasteiger partial charge in [0.2, 0.25) is 0 Å². The first kappa shape index (κ1) is 12.9. The molecule has 0 aliphatic rings. The first-order valence-electron chi connectivity index (χ1n) is 5.45. The summed E-state index contributed by atoms with van der Waals surface area (Å²) in [5, 5.41) is 16.2. The van der Waals surface area contributed by atoms with Crippen LogP contribution in [-0.4, -0.2) is 11.5 Å². The minimum Gasteiger partial charge on any atom is -0.380 e. The van der Waals surface area contributed by atoms with Crippen molar-refractivity contribution in [3.8, 4) is 0 Å². The Hall–Kier alpha value is -1.53.